The summed E-state index contributed by atoms with van der Waals surface area (Å²) < 4.78 is 0. The monoisotopic (exact) mass is 318 g/mol. The van der Waals surface area contributed by atoms with Crippen LogP contribution in [-0.4, -0.2) is 18.5 Å². The van der Waals surface area contributed by atoms with E-state index in [-0.39, 0.29) is 0 Å². The van der Waals surface area contributed by atoms with Crippen molar-refractivity contribution in [2.24, 2.45) is 0 Å². The fraction of sp³-hybridized carbons (Fsp3) is 0.619. The van der Waals surface area contributed by atoms with E-state index in [1.807, 2.05) is 6.08 Å². The highest BCUT2D eigenvalue weighted by molar-refractivity contribution is 7.57. The molecule has 0 bridgehead atoms. The maximum Gasteiger partial charge on any atom is -0.0262 e. The summed E-state index contributed by atoms with van der Waals surface area (Å²) in [5.41, 5.74) is 2.70. The van der Waals surface area contributed by atoms with E-state index in [1.165, 1.54) is 81.0 Å². The molecule has 0 aromatic heterocycles. The first kappa shape index (κ1) is 19.4. The highest BCUT2D eigenvalue weighted by Crippen LogP contribution is 2.38. The molecule has 124 valence electrons. The molecule has 0 aliphatic heterocycles. The summed E-state index contributed by atoms with van der Waals surface area (Å²) in [6.45, 7) is 8.46. The molecule has 0 radical (unpaired) electrons. The summed E-state index contributed by atoms with van der Waals surface area (Å²) in [6, 6.07) is 8.87. The second-order valence-corrected chi connectivity index (χ2v) is 8.99. The Kier molecular flexibility index (Phi) is 11.4. The molecular weight excluding hydrogens is 283 g/mol. The molecule has 0 heterocycles. The van der Waals surface area contributed by atoms with Crippen molar-refractivity contribution >= 4 is 14.0 Å². The first-order valence-electron chi connectivity index (χ1n) is 9.23. The molecule has 0 atom stereocenters. The minimum atomic E-state index is 0.339. The van der Waals surface area contributed by atoms with Gasteiger partial charge in [0.1, 0.15) is 0 Å². The van der Waals surface area contributed by atoms with Crippen LogP contribution in [-0.2, 0) is 6.42 Å². The second kappa shape index (κ2) is 12.9. The topological polar surface area (TPSA) is 0 Å². The Morgan fingerprint density at radius 3 is 1.95 bits per heavy atom. The van der Waals surface area contributed by atoms with Crippen LogP contribution in [0.2, 0.25) is 0 Å². The molecule has 0 spiro atoms. The van der Waals surface area contributed by atoms with Gasteiger partial charge in [-0.15, -0.1) is 7.92 Å². The second-order valence-electron chi connectivity index (χ2n) is 6.31. The predicted octanol–water partition coefficient (Wildman–Crippen LogP) is 7.12. The highest BCUT2D eigenvalue weighted by Gasteiger charge is 2.06. The maximum atomic E-state index is 3.81. The van der Waals surface area contributed by atoms with Crippen LogP contribution in [0.25, 0.3) is 6.08 Å². The van der Waals surface area contributed by atoms with Gasteiger partial charge in [-0.25, -0.2) is 0 Å². The van der Waals surface area contributed by atoms with E-state index in [2.05, 4.69) is 44.7 Å². The lowest BCUT2D eigenvalue weighted by Crippen LogP contribution is -1.96. The fourth-order valence-electron chi connectivity index (χ4n) is 2.76. The van der Waals surface area contributed by atoms with E-state index in [1.54, 1.807) is 0 Å². The van der Waals surface area contributed by atoms with Gasteiger partial charge in [0.05, 0.1) is 0 Å². The van der Waals surface area contributed by atoms with Gasteiger partial charge in [0.15, 0.2) is 0 Å². The molecule has 0 nitrogen and oxygen atoms in total. The first-order valence-corrected chi connectivity index (χ1v) is 11.1. The van der Waals surface area contributed by atoms with Gasteiger partial charge in [0, 0.05) is 0 Å². The van der Waals surface area contributed by atoms with Crippen LogP contribution in [0.15, 0.2) is 30.8 Å². The molecule has 1 heteroatoms. The molecule has 0 unspecified atom stereocenters. The van der Waals surface area contributed by atoms with Crippen LogP contribution >= 0.6 is 7.92 Å². The molecule has 0 N–H and O–H groups in total. The number of aryl methyl sites for hydroxylation is 1. The zero-order chi connectivity index (χ0) is 16.0. The SMILES string of the molecule is C=Cc1ccc(CCCCCP(CCCC)CCCC)cc1. The van der Waals surface area contributed by atoms with Crippen LogP contribution in [0.4, 0.5) is 0 Å². The van der Waals surface area contributed by atoms with Crippen molar-refractivity contribution in [3.05, 3.63) is 42.0 Å². The lowest BCUT2D eigenvalue weighted by molar-refractivity contribution is 0.718. The summed E-state index contributed by atoms with van der Waals surface area (Å²) >= 11 is 0. The number of benzene rings is 1. The summed E-state index contributed by atoms with van der Waals surface area (Å²) in [7, 11) is 0.339. The molecule has 22 heavy (non-hydrogen) atoms. The predicted molar refractivity (Wildman–Crippen MR) is 105 cm³/mol. The minimum absolute atomic E-state index is 0.339. The number of rotatable bonds is 13. The van der Waals surface area contributed by atoms with Crippen molar-refractivity contribution in [3.8, 4) is 0 Å². The Morgan fingerprint density at radius 2 is 1.41 bits per heavy atom. The van der Waals surface area contributed by atoms with Crippen LogP contribution < -0.4 is 0 Å². The summed E-state index contributed by atoms with van der Waals surface area (Å²) in [4.78, 5) is 0. The van der Waals surface area contributed by atoms with Crippen LogP contribution in [0, 0.1) is 0 Å². The normalized spacial score (nSPS) is 11.0. The summed E-state index contributed by atoms with van der Waals surface area (Å²) in [6.07, 6.45) is 17.5. The van der Waals surface area contributed by atoms with Crippen molar-refractivity contribution in [2.45, 2.75) is 65.2 Å². The molecular formula is C21H35P. The van der Waals surface area contributed by atoms with Gasteiger partial charge in [-0.2, -0.15) is 0 Å². The minimum Gasteiger partial charge on any atom is -0.107 e. The lowest BCUT2D eigenvalue weighted by atomic mass is 10.1. The molecule has 1 rings (SSSR count). The van der Waals surface area contributed by atoms with Gasteiger partial charge in [-0.1, -0.05) is 70.0 Å². The van der Waals surface area contributed by atoms with E-state index < -0.39 is 0 Å². The number of hydrogen-bond acceptors (Lipinski definition) is 0. The van der Waals surface area contributed by atoms with Crippen molar-refractivity contribution in [3.63, 3.8) is 0 Å². The Labute approximate surface area is 140 Å². The van der Waals surface area contributed by atoms with Gasteiger partial charge in [-0.3, -0.25) is 0 Å². The Hall–Kier alpha value is -0.610. The third kappa shape index (κ3) is 8.74. The summed E-state index contributed by atoms with van der Waals surface area (Å²) in [5.74, 6) is 0. The first-order chi connectivity index (χ1) is 10.8. The van der Waals surface area contributed by atoms with Crippen molar-refractivity contribution in [1.82, 2.24) is 0 Å². The standard InChI is InChI=1S/C21H35P/c1-4-7-17-22(18-8-5-2)19-11-9-10-12-21-15-13-20(6-3)14-16-21/h6,13-16H,3-5,7-12,17-19H2,1-2H3. The molecule has 0 saturated carbocycles. The Morgan fingerprint density at radius 1 is 0.818 bits per heavy atom. The van der Waals surface area contributed by atoms with Gasteiger partial charge in [0.25, 0.3) is 0 Å². The zero-order valence-corrected chi connectivity index (χ0v) is 15.7. The van der Waals surface area contributed by atoms with E-state index >= 15 is 0 Å². The summed E-state index contributed by atoms with van der Waals surface area (Å²) in [5, 5.41) is 0. The molecule has 0 fully saturated rings. The molecule has 0 saturated heterocycles. The molecule has 0 aliphatic rings. The van der Waals surface area contributed by atoms with E-state index in [0.717, 1.165) is 0 Å². The van der Waals surface area contributed by atoms with E-state index in [9.17, 15) is 0 Å². The van der Waals surface area contributed by atoms with E-state index in [4.69, 9.17) is 0 Å². The van der Waals surface area contributed by atoms with Gasteiger partial charge >= 0.3 is 0 Å². The fourth-order valence-corrected chi connectivity index (χ4v) is 5.63. The maximum absolute atomic E-state index is 3.81. The van der Waals surface area contributed by atoms with Crippen molar-refractivity contribution < 1.29 is 0 Å². The lowest BCUT2D eigenvalue weighted by Gasteiger charge is -2.17. The van der Waals surface area contributed by atoms with Gasteiger partial charge < -0.3 is 0 Å². The average Bonchev–Trinajstić information content (AvgIpc) is 2.56. The smallest absolute Gasteiger partial charge is 0.0262 e. The van der Waals surface area contributed by atoms with E-state index in [0.29, 0.717) is 7.92 Å². The van der Waals surface area contributed by atoms with Crippen LogP contribution in [0.1, 0.15) is 69.9 Å². The highest BCUT2D eigenvalue weighted by atomic mass is 31.1. The third-order valence-corrected chi connectivity index (χ3v) is 7.16. The quantitative estimate of drug-likeness (QED) is 0.268. The van der Waals surface area contributed by atoms with Crippen LogP contribution in [0.5, 0.6) is 0 Å². The third-order valence-electron chi connectivity index (χ3n) is 4.31. The van der Waals surface area contributed by atoms with Crippen molar-refractivity contribution in [2.75, 3.05) is 18.5 Å². The largest absolute Gasteiger partial charge is 0.107 e. The zero-order valence-electron chi connectivity index (χ0n) is 14.8. The molecule has 0 amide bonds. The number of unbranched alkanes of at least 4 members (excludes halogenated alkanes) is 4. The molecule has 1 aromatic rings. The average molecular weight is 318 g/mol. The van der Waals surface area contributed by atoms with Gasteiger partial charge in [-0.05, 0) is 61.7 Å². The Balaban J connectivity index is 2.16. The van der Waals surface area contributed by atoms with Gasteiger partial charge in [0.2, 0.25) is 0 Å². The van der Waals surface area contributed by atoms with Crippen molar-refractivity contribution in [1.29, 1.82) is 0 Å². The molecule has 1 aromatic carbocycles. The Bertz CT molecular complexity index is 371. The number of hydrogen-bond donors (Lipinski definition) is 0. The molecule has 0 aliphatic carbocycles. The van der Waals surface area contributed by atoms with Crippen LogP contribution in [0.3, 0.4) is 0 Å².